The fourth-order valence-corrected chi connectivity index (χ4v) is 4.92. The SMILES string of the molecule is CCCCCCNC(=O)CCC(=O)C1Cc2ccc(cc2)OCCCC(C(=O)CO)C(CC(C)C)C(=O)N1. The smallest absolute Gasteiger partial charge is 0.224 e. The maximum atomic E-state index is 13.6. The number of ether oxygens (including phenoxy) is 1. The second-order valence-corrected chi connectivity index (χ2v) is 10.7. The summed E-state index contributed by atoms with van der Waals surface area (Å²) in [7, 11) is 0. The lowest BCUT2D eigenvalue weighted by molar-refractivity contribution is -0.137. The van der Waals surface area contributed by atoms with E-state index in [0.717, 1.165) is 31.2 Å². The summed E-state index contributed by atoms with van der Waals surface area (Å²) in [6.07, 6.45) is 5.99. The van der Waals surface area contributed by atoms with Crippen LogP contribution >= 0.6 is 0 Å². The minimum absolute atomic E-state index is 0.0147. The summed E-state index contributed by atoms with van der Waals surface area (Å²) in [5.41, 5.74) is 0.858. The number of aliphatic hydroxyl groups excluding tert-OH is 1. The van der Waals surface area contributed by atoms with Crippen molar-refractivity contribution in [3.63, 3.8) is 0 Å². The highest BCUT2D eigenvalue weighted by molar-refractivity contribution is 5.94. The molecule has 212 valence electrons. The topological polar surface area (TPSA) is 122 Å². The number of rotatable bonds is 13. The Hall–Kier alpha value is -2.74. The van der Waals surface area contributed by atoms with Gasteiger partial charge in [-0.05, 0) is 55.7 Å². The summed E-state index contributed by atoms with van der Waals surface area (Å²) >= 11 is 0. The molecule has 2 aliphatic rings. The summed E-state index contributed by atoms with van der Waals surface area (Å²) in [4.78, 5) is 51.9. The third-order valence-electron chi connectivity index (χ3n) is 7.06. The van der Waals surface area contributed by atoms with Crippen LogP contribution in [0.4, 0.5) is 0 Å². The molecule has 38 heavy (non-hydrogen) atoms. The van der Waals surface area contributed by atoms with Crippen molar-refractivity contribution in [3.8, 4) is 5.75 Å². The predicted molar refractivity (Wildman–Crippen MR) is 147 cm³/mol. The molecule has 0 radical (unpaired) electrons. The van der Waals surface area contributed by atoms with Gasteiger partial charge < -0.3 is 20.5 Å². The first-order chi connectivity index (χ1) is 18.2. The van der Waals surface area contributed by atoms with Gasteiger partial charge in [0.05, 0.1) is 12.6 Å². The number of fused-ring (bicyclic) bond motifs is 11. The van der Waals surface area contributed by atoms with Crippen LogP contribution < -0.4 is 15.4 Å². The second kappa shape index (κ2) is 17.0. The van der Waals surface area contributed by atoms with Gasteiger partial charge in [-0.3, -0.25) is 19.2 Å². The summed E-state index contributed by atoms with van der Waals surface area (Å²) in [6.45, 7) is 6.45. The van der Waals surface area contributed by atoms with Crippen molar-refractivity contribution in [1.82, 2.24) is 10.6 Å². The Morgan fingerprint density at radius 2 is 1.82 bits per heavy atom. The molecule has 8 heteroatoms. The minimum atomic E-state index is -0.825. The van der Waals surface area contributed by atoms with Crippen LogP contribution in [0.15, 0.2) is 24.3 Å². The zero-order chi connectivity index (χ0) is 27.9. The van der Waals surface area contributed by atoms with Crippen LogP contribution in [0.2, 0.25) is 0 Å². The van der Waals surface area contributed by atoms with Gasteiger partial charge in [0.2, 0.25) is 11.8 Å². The monoisotopic (exact) mass is 530 g/mol. The van der Waals surface area contributed by atoms with E-state index in [1.165, 1.54) is 0 Å². The first kappa shape index (κ1) is 31.5. The van der Waals surface area contributed by atoms with Gasteiger partial charge in [0.1, 0.15) is 12.4 Å². The Morgan fingerprint density at radius 1 is 1.08 bits per heavy atom. The molecule has 1 aromatic carbocycles. The molecule has 2 amide bonds. The van der Waals surface area contributed by atoms with Crippen molar-refractivity contribution in [3.05, 3.63) is 29.8 Å². The lowest BCUT2D eigenvalue weighted by Crippen LogP contribution is -2.48. The third kappa shape index (κ3) is 10.9. The standard InChI is InChI=1S/C30H46N2O6/c1-4-5-6-7-16-31-29(36)15-14-27(34)26-19-22-10-12-23(13-11-22)38-17-8-9-24(28(35)20-33)25(18-21(2)3)30(37)32-26/h10-13,21,24-26,33H,4-9,14-20H2,1-3H3,(H,31,36)(H,32,37). The van der Waals surface area contributed by atoms with Gasteiger partial charge in [-0.25, -0.2) is 0 Å². The van der Waals surface area contributed by atoms with Gasteiger partial charge in [-0.2, -0.15) is 0 Å². The first-order valence-corrected chi connectivity index (χ1v) is 14.2. The van der Waals surface area contributed by atoms with Crippen LogP contribution in [0, 0.1) is 17.8 Å². The molecule has 0 saturated carbocycles. The molecule has 3 unspecified atom stereocenters. The lowest BCUT2D eigenvalue weighted by Gasteiger charge is -2.29. The van der Waals surface area contributed by atoms with Crippen molar-refractivity contribution in [2.24, 2.45) is 17.8 Å². The number of carbonyl (C=O) groups excluding carboxylic acids is 4. The Kier molecular flexibility index (Phi) is 14.1. The molecule has 3 atom stereocenters. The fourth-order valence-electron chi connectivity index (χ4n) is 4.92. The molecule has 0 aliphatic carbocycles. The number of hydrogen-bond acceptors (Lipinski definition) is 6. The number of aliphatic hydroxyl groups is 1. The van der Waals surface area contributed by atoms with E-state index in [4.69, 9.17) is 4.74 Å². The highest BCUT2D eigenvalue weighted by Gasteiger charge is 2.35. The summed E-state index contributed by atoms with van der Waals surface area (Å²) in [6, 6.07) is 6.58. The van der Waals surface area contributed by atoms with Gasteiger partial charge in [0.25, 0.3) is 0 Å². The molecule has 8 nitrogen and oxygen atoms in total. The molecule has 2 bridgehead atoms. The normalized spacial score (nSPS) is 20.3. The summed E-state index contributed by atoms with van der Waals surface area (Å²) in [5, 5.41) is 15.4. The van der Waals surface area contributed by atoms with Crippen molar-refractivity contribution in [1.29, 1.82) is 0 Å². The quantitative estimate of drug-likeness (QED) is 0.334. The highest BCUT2D eigenvalue weighted by Crippen LogP contribution is 2.27. The minimum Gasteiger partial charge on any atom is -0.494 e. The van der Waals surface area contributed by atoms with E-state index in [2.05, 4.69) is 17.6 Å². The Labute approximate surface area is 227 Å². The number of benzene rings is 1. The van der Waals surface area contributed by atoms with E-state index in [-0.39, 0.29) is 48.6 Å². The van der Waals surface area contributed by atoms with Crippen molar-refractivity contribution >= 4 is 23.4 Å². The zero-order valence-corrected chi connectivity index (χ0v) is 23.3. The van der Waals surface area contributed by atoms with E-state index >= 15 is 0 Å². The molecule has 0 fully saturated rings. The second-order valence-electron chi connectivity index (χ2n) is 10.7. The lowest BCUT2D eigenvalue weighted by atomic mass is 9.79. The number of amides is 2. The molecule has 3 N–H and O–H groups in total. The summed E-state index contributed by atoms with van der Waals surface area (Å²) in [5.74, 6) is -1.63. The average Bonchev–Trinajstić information content (AvgIpc) is 2.90. The van der Waals surface area contributed by atoms with E-state index in [0.29, 0.717) is 38.2 Å². The van der Waals surface area contributed by atoms with E-state index in [1.54, 1.807) is 0 Å². The number of carbonyl (C=O) groups is 4. The molecule has 2 aliphatic heterocycles. The molecule has 0 spiro atoms. The molecule has 1 aromatic rings. The molecule has 3 rings (SSSR count). The maximum Gasteiger partial charge on any atom is 0.224 e. The van der Waals surface area contributed by atoms with Crippen LogP contribution in [0.25, 0.3) is 0 Å². The van der Waals surface area contributed by atoms with Crippen LogP contribution in [0.1, 0.15) is 84.1 Å². The van der Waals surface area contributed by atoms with Gasteiger partial charge in [-0.15, -0.1) is 0 Å². The van der Waals surface area contributed by atoms with Crippen molar-refractivity contribution in [2.75, 3.05) is 19.8 Å². The van der Waals surface area contributed by atoms with Gasteiger partial charge in [0, 0.05) is 31.2 Å². The van der Waals surface area contributed by atoms with Crippen LogP contribution in [-0.2, 0) is 25.6 Å². The average molecular weight is 531 g/mol. The largest absolute Gasteiger partial charge is 0.494 e. The number of Topliss-reactive ketones (excluding diaryl/α,β-unsaturated/α-hetero) is 2. The molecule has 0 saturated heterocycles. The van der Waals surface area contributed by atoms with Gasteiger partial charge in [-0.1, -0.05) is 52.2 Å². The van der Waals surface area contributed by atoms with Crippen LogP contribution in [0.3, 0.4) is 0 Å². The highest BCUT2D eigenvalue weighted by atomic mass is 16.5. The number of hydrogen-bond donors (Lipinski definition) is 3. The van der Waals surface area contributed by atoms with Crippen molar-refractivity contribution < 1.29 is 29.0 Å². The van der Waals surface area contributed by atoms with Crippen LogP contribution in [-0.4, -0.2) is 54.3 Å². The number of nitrogens with one attached hydrogen (secondary N) is 2. The zero-order valence-electron chi connectivity index (χ0n) is 23.3. The Balaban J connectivity index is 2.20. The third-order valence-corrected chi connectivity index (χ3v) is 7.06. The molecular weight excluding hydrogens is 484 g/mol. The Bertz CT molecular complexity index is 899. The van der Waals surface area contributed by atoms with E-state index in [1.807, 2.05) is 38.1 Å². The van der Waals surface area contributed by atoms with E-state index < -0.39 is 24.5 Å². The Morgan fingerprint density at radius 3 is 2.47 bits per heavy atom. The first-order valence-electron chi connectivity index (χ1n) is 14.2. The van der Waals surface area contributed by atoms with Gasteiger partial charge >= 0.3 is 0 Å². The van der Waals surface area contributed by atoms with Gasteiger partial charge in [0.15, 0.2) is 11.6 Å². The van der Waals surface area contributed by atoms with E-state index in [9.17, 15) is 24.3 Å². The number of unbranched alkanes of at least 4 members (excludes halogenated alkanes) is 3. The fraction of sp³-hybridized carbons (Fsp3) is 0.667. The predicted octanol–water partition coefficient (Wildman–Crippen LogP) is 3.77. The molecular formula is C30H46N2O6. The number of ketones is 2. The molecule has 2 heterocycles. The van der Waals surface area contributed by atoms with Crippen LogP contribution in [0.5, 0.6) is 5.75 Å². The molecule has 0 aromatic heterocycles. The maximum absolute atomic E-state index is 13.6. The summed E-state index contributed by atoms with van der Waals surface area (Å²) < 4.78 is 5.82. The van der Waals surface area contributed by atoms with Crippen molar-refractivity contribution in [2.45, 2.75) is 91.0 Å².